The predicted molar refractivity (Wildman–Crippen MR) is 75.1 cm³/mol. The number of nitrogens with zero attached hydrogens (tertiary/aromatic N) is 2. The lowest BCUT2D eigenvalue weighted by molar-refractivity contribution is 0.0365. The van der Waals surface area contributed by atoms with Gasteiger partial charge in [0, 0.05) is 31.8 Å². The first-order chi connectivity index (χ1) is 9.24. The van der Waals surface area contributed by atoms with Crippen LogP contribution in [-0.4, -0.2) is 43.4 Å². The molecule has 0 bridgehead atoms. The highest BCUT2D eigenvalue weighted by atomic mass is 16.5. The summed E-state index contributed by atoms with van der Waals surface area (Å²) in [6, 6.07) is 5.55. The minimum atomic E-state index is -0.0314. The number of aromatic nitrogens is 2. The maximum Gasteiger partial charge on any atom is 0.137 e. The quantitative estimate of drug-likeness (QED) is 0.763. The number of benzene rings is 1. The van der Waals surface area contributed by atoms with Gasteiger partial charge in [-0.15, -0.1) is 0 Å². The standard InChI is InChI=1S/C13H18N4O2/c1-18-7-10(19-2)6-15-13-11-5-9(14)3-4-12(11)16-8-17-13/h3-5,8,10H,6-7,14H2,1-2H3,(H,15,16,17). The van der Waals surface area contributed by atoms with E-state index in [0.29, 0.717) is 18.8 Å². The largest absolute Gasteiger partial charge is 0.399 e. The Morgan fingerprint density at radius 3 is 2.89 bits per heavy atom. The number of hydrogen-bond acceptors (Lipinski definition) is 6. The van der Waals surface area contributed by atoms with Crippen LogP contribution in [0.15, 0.2) is 24.5 Å². The van der Waals surface area contributed by atoms with Crippen molar-refractivity contribution in [2.24, 2.45) is 0 Å². The Labute approximate surface area is 111 Å². The van der Waals surface area contributed by atoms with E-state index in [1.54, 1.807) is 14.2 Å². The number of hydrogen-bond donors (Lipinski definition) is 2. The fraction of sp³-hybridized carbons (Fsp3) is 0.385. The van der Waals surface area contributed by atoms with Crippen molar-refractivity contribution in [2.45, 2.75) is 6.10 Å². The van der Waals surface area contributed by atoms with Crippen molar-refractivity contribution in [1.29, 1.82) is 0 Å². The summed E-state index contributed by atoms with van der Waals surface area (Å²) in [6.45, 7) is 1.12. The Morgan fingerprint density at radius 2 is 2.16 bits per heavy atom. The molecular weight excluding hydrogens is 244 g/mol. The Bertz CT molecular complexity index is 547. The fourth-order valence-electron chi connectivity index (χ4n) is 1.82. The van der Waals surface area contributed by atoms with Crippen LogP contribution < -0.4 is 11.1 Å². The van der Waals surface area contributed by atoms with Crippen molar-refractivity contribution in [3.63, 3.8) is 0 Å². The Hall–Kier alpha value is -1.92. The van der Waals surface area contributed by atoms with Crippen LogP contribution in [0, 0.1) is 0 Å². The number of anilines is 2. The van der Waals surface area contributed by atoms with Gasteiger partial charge in [0.2, 0.25) is 0 Å². The van der Waals surface area contributed by atoms with Crippen LogP contribution in [-0.2, 0) is 9.47 Å². The molecule has 1 heterocycles. The minimum absolute atomic E-state index is 0.0314. The van der Waals surface area contributed by atoms with E-state index in [9.17, 15) is 0 Å². The third kappa shape index (κ3) is 3.30. The molecule has 6 heteroatoms. The Balaban J connectivity index is 2.18. The zero-order valence-electron chi connectivity index (χ0n) is 11.1. The molecular formula is C13H18N4O2. The molecule has 0 saturated heterocycles. The molecule has 2 aromatic rings. The van der Waals surface area contributed by atoms with Crippen LogP contribution >= 0.6 is 0 Å². The Morgan fingerprint density at radius 1 is 1.32 bits per heavy atom. The molecule has 0 aliphatic heterocycles. The molecule has 19 heavy (non-hydrogen) atoms. The van der Waals surface area contributed by atoms with E-state index in [0.717, 1.165) is 16.7 Å². The van der Waals surface area contributed by atoms with Crippen molar-refractivity contribution in [1.82, 2.24) is 9.97 Å². The van der Waals surface area contributed by atoms with E-state index in [2.05, 4.69) is 15.3 Å². The van der Waals surface area contributed by atoms with Crippen molar-refractivity contribution < 1.29 is 9.47 Å². The summed E-state index contributed by atoms with van der Waals surface area (Å²) in [5.41, 5.74) is 7.33. The monoisotopic (exact) mass is 262 g/mol. The molecule has 1 unspecified atom stereocenters. The minimum Gasteiger partial charge on any atom is -0.399 e. The molecule has 102 valence electrons. The first-order valence-electron chi connectivity index (χ1n) is 6.00. The number of fused-ring (bicyclic) bond motifs is 1. The van der Waals surface area contributed by atoms with Gasteiger partial charge < -0.3 is 20.5 Å². The van der Waals surface area contributed by atoms with Gasteiger partial charge >= 0.3 is 0 Å². The Kier molecular flexibility index (Phi) is 4.48. The smallest absolute Gasteiger partial charge is 0.137 e. The van der Waals surface area contributed by atoms with Crippen LogP contribution in [0.3, 0.4) is 0 Å². The second-order valence-corrected chi connectivity index (χ2v) is 4.19. The van der Waals surface area contributed by atoms with E-state index >= 15 is 0 Å². The molecule has 1 atom stereocenters. The first-order valence-corrected chi connectivity index (χ1v) is 6.00. The van der Waals surface area contributed by atoms with Crippen molar-refractivity contribution >= 4 is 22.4 Å². The summed E-state index contributed by atoms with van der Waals surface area (Å²) in [4.78, 5) is 8.44. The number of methoxy groups -OCH3 is 2. The van der Waals surface area contributed by atoms with Gasteiger partial charge in [0.25, 0.3) is 0 Å². The summed E-state index contributed by atoms with van der Waals surface area (Å²) >= 11 is 0. The van der Waals surface area contributed by atoms with E-state index in [1.807, 2.05) is 18.2 Å². The molecule has 0 spiro atoms. The average molecular weight is 262 g/mol. The van der Waals surface area contributed by atoms with Crippen LogP contribution in [0.1, 0.15) is 0 Å². The summed E-state index contributed by atoms with van der Waals surface area (Å²) in [6.07, 6.45) is 1.50. The molecule has 0 saturated carbocycles. The van der Waals surface area contributed by atoms with Gasteiger partial charge in [-0.25, -0.2) is 9.97 Å². The van der Waals surface area contributed by atoms with Gasteiger partial charge in [0.05, 0.1) is 18.2 Å². The second-order valence-electron chi connectivity index (χ2n) is 4.19. The highest BCUT2D eigenvalue weighted by Gasteiger charge is 2.09. The lowest BCUT2D eigenvalue weighted by Crippen LogP contribution is -2.27. The van der Waals surface area contributed by atoms with Gasteiger partial charge in [0.15, 0.2) is 0 Å². The van der Waals surface area contributed by atoms with Crippen LogP contribution in [0.25, 0.3) is 10.9 Å². The highest BCUT2D eigenvalue weighted by Crippen LogP contribution is 2.21. The molecule has 3 N–H and O–H groups in total. The number of rotatable bonds is 6. The van der Waals surface area contributed by atoms with Crippen molar-refractivity contribution in [2.75, 3.05) is 38.4 Å². The van der Waals surface area contributed by atoms with Gasteiger partial charge in [-0.1, -0.05) is 0 Å². The van der Waals surface area contributed by atoms with Gasteiger partial charge in [-0.2, -0.15) is 0 Å². The van der Waals surface area contributed by atoms with E-state index in [1.165, 1.54) is 6.33 Å². The summed E-state index contributed by atoms with van der Waals surface area (Å²) in [5, 5.41) is 4.14. The number of nitrogens with two attached hydrogens (primary N) is 1. The third-order valence-corrected chi connectivity index (χ3v) is 2.84. The predicted octanol–water partition coefficient (Wildman–Crippen LogP) is 1.29. The number of ether oxygens (including phenoxy) is 2. The lowest BCUT2D eigenvalue weighted by atomic mass is 10.2. The molecule has 1 aromatic heterocycles. The van der Waals surface area contributed by atoms with Crippen LogP contribution in [0.4, 0.5) is 11.5 Å². The van der Waals surface area contributed by atoms with Crippen molar-refractivity contribution in [3.05, 3.63) is 24.5 Å². The normalized spacial score (nSPS) is 12.5. The molecule has 0 aliphatic carbocycles. The van der Waals surface area contributed by atoms with Gasteiger partial charge in [-0.3, -0.25) is 0 Å². The number of nitrogens with one attached hydrogen (secondary N) is 1. The average Bonchev–Trinajstić information content (AvgIpc) is 2.43. The highest BCUT2D eigenvalue weighted by molar-refractivity contribution is 5.91. The summed E-state index contributed by atoms with van der Waals surface area (Å²) in [5.74, 6) is 0.746. The van der Waals surface area contributed by atoms with Gasteiger partial charge in [-0.05, 0) is 18.2 Å². The van der Waals surface area contributed by atoms with Crippen molar-refractivity contribution in [3.8, 4) is 0 Å². The van der Waals surface area contributed by atoms with Crippen LogP contribution in [0.5, 0.6) is 0 Å². The lowest BCUT2D eigenvalue weighted by Gasteiger charge is -2.16. The zero-order chi connectivity index (χ0) is 13.7. The molecule has 0 amide bonds. The molecule has 0 aliphatic rings. The molecule has 1 aromatic carbocycles. The molecule has 2 rings (SSSR count). The fourth-order valence-corrected chi connectivity index (χ4v) is 1.82. The van der Waals surface area contributed by atoms with E-state index in [-0.39, 0.29) is 6.10 Å². The molecule has 0 fully saturated rings. The summed E-state index contributed by atoms with van der Waals surface area (Å²) < 4.78 is 10.4. The van der Waals surface area contributed by atoms with Gasteiger partial charge in [0.1, 0.15) is 12.1 Å². The first kappa shape index (κ1) is 13.5. The van der Waals surface area contributed by atoms with E-state index in [4.69, 9.17) is 15.2 Å². The molecule has 6 nitrogen and oxygen atoms in total. The SMILES string of the molecule is COCC(CNc1ncnc2ccc(N)cc12)OC. The van der Waals surface area contributed by atoms with E-state index < -0.39 is 0 Å². The van der Waals surface area contributed by atoms with Crippen LogP contribution in [0.2, 0.25) is 0 Å². The maximum absolute atomic E-state index is 5.79. The zero-order valence-corrected chi connectivity index (χ0v) is 11.1. The molecule has 0 radical (unpaired) electrons. The maximum atomic E-state index is 5.79. The number of nitrogen functional groups attached to an aromatic ring is 1. The third-order valence-electron chi connectivity index (χ3n) is 2.84. The second kappa shape index (κ2) is 6.31. The topological polar surface area (TPSA) is 82.3 Å². The summed E-state index contributed by atoms with van der Waals surface area (Å²) in [7, 11) is 3.30.